The lowest BCUT2D eigenvalue weighted by Gasteiger charge is -2.09. The zero-order chi connectivity index (χ0) is 17.8. The Labute approximate surface area is 144 Å². The molecule has 0 aliphatic carbocycles. The molecular formula is C18H16FN5O. The van der Waals surface area contributed by atoms with Crippen LogP contribution in [0.2, 0.25) is 0 Å². The first kappa shape index (κ1) is 16.5. The van der Waals surface area contributed by atoms with Crippen LogP contribution in [0.15, 0.2) is 48.8 Å². The number of hydrogen-bond acceptors (Lipinski definition) is 5. The first-order valence-corrected chi connectivity index (χ1v) is 7.62. The maximum Gasteiger partial charge on any atom is 0.256 e. The van der Waals surface area contributed by atoms with E-state index >= 15 is 0 Å². The van der Waals surface area contributed by atoms with Gasteiger partial charge in [0.2, 0.25) is 0 Å². The molecule has 3 aromatic rings. The molecule has 2 heterocycles. The van der Waals surface area contributed by atoms with E-state index in [1.54, 1.807) is 24.4 Å². The van der Waals surface area contributed by atoms with Crippen LogP contribution in [0.1, 0.15) is 21.6 Å². The lowest BCUT2D eigenvalue weighted by Crippen LogP contribution is -2.25. The molecule has 7 heteroatoms. The van der Waals surface area contributed by atoms with E-state index < -0.39 is 11.7 Å². The maximum atomic E-state index is 13.8. The molecule has 0 aliphatic heterocycles. The van der Waals surface area contributed by atoms with E-state index in [0.717, 1.165) is 11.3 Å². The Morgan fingerprint density at radius 1 is 1.20 bits per heavy atom. The summed E-state index contributed by atoms with van der Waals surface area (Å²) in [6, 6.07) is 9.85. The predicted molar refractivity (Wildman–Crippen MR) is 92.0 cm³/mol. The van der Waals surface area contributed by atoms with Gasteiger partial charge in [-0.1, -0.05) is 18.2 Å². The molecule has 0 saturated carbocycles. The zero-order valence-electron chi connectivity index (χ0n) is 13.5. The second-order valence-electron chi connectivity index (χ2n) is 5.42. The number of carbonyl (C=O) groups is 1. The van der Waals surface area contributed by atoms with Crippen LogP contribution in [-0.4, -0.2) is 20.9 Å². The van der Waals surface area contributed by atoms with Gasteiger partial charge in [0, 0.05) is 12.4 Å². The molecule has 0 spiro atoms. The number of pyridine rings is 1. The monoisotopic (exact) mass is 337 g/mol. The molecule has 0 unspecified atom stereocenters. The number of nitrogens with two attached hydrogens (primary N) is 1. The summed E-state index contributed by atoms with van der Waals surface area (Å²) >= 11 is 0. The Morgan fingerprint density at radius 3 is 2.72 bits per heavy atom. The van der Waals surface area contributed by atoms with Gasteiger partial charge >= 0.3 is 0 Å². The number of nitrogens with one attached hydrogen (secondary N) is 1. The van der Waals surface area contributed by atoms with Crippen molar-refractivity contribution in [2.45, 2.75) is 13.5 Å². The van der Waals surface area contributed by atoms with Gasteiger partial charge in [-0.2, -0.15) is 0 Å². The SMILES string of the molecule is Cc1cccnc1CNC(=O)c1cnc(-c2ccccc2F)nc1N. The lowest BCUT2D eigenvalue weighted by molar-refractivity contribution is 0.0950. The number of benzene rings is 1. The van der Waals surface area contributed by atoms with Crippen molar-refractivity contribution in [1.82, 2.24) is 20.3 Å². The summed E-state index contributed by atoms with van der Waals surface area (Å²) < 4.78 is 13.8. The van der Waals surface area contributed by atoms with Gasteiger partial charge in [0.1, 0.15) is 11.6 Å². The summed E-state index contributed by atoms with van der Waals surface area (Å²) in [6.07, 6.45) is 2.96. The lowest BCUT2D eigenvalue weighted by atomic mass is 10.2. The van der Waals surface area contributed by atoms with Crippen molar-refractivity contribution < 1.29 is 9.18 Å². The Bertz CT molecular complexity index is 929. The third-order valence-corrected chi connectivity index (χ3v) is 3.71. The molecule has 1 aromatic carbocycles. The number of aromatic nitrogens is 3. The molecule has 3 N–H and O–H groups in total. The van der Waals surface area contributed by atoms with Gasteiger partial charge in [0.15, 0.2) is 5.82 Å². The fraction of sp³-hybridized carbons (Fsp3) is 0.111. The van der Waals surface area contributed by atoms with E-state index in [-0.39, 0.29) is 29.3 Å². The largest absolute Gasteiger partial charge is 0.383 e. The standard InChI is InChI=1S/C18H16FN5O/c1-11-5-4-8-21-15(11)10-23-18(25)13-9-22-17(24-16(13)20)12-6-2-3-7-14(12)19/h2-9H,10H2,1H3,(H,23,25)(H2,20,22,24). The first-order valence-electron chi connectivity index (χ1n) is 7.62. The molecule has 0 aliphatic rings. The van der Waals surface area contributed by atoms with Crippen molar-refractivity contribution in [1.29, 1.82) is 0 Å². The summed E-state index contributed by atoms with van der Waals surface area (Å²) in [5, 5.41) is 2.73. The summed E-state index contributed by atoms with van der Waals surface area (Å²) in [5.74, 6) is -0.747. The number of halogens is 1. The zero-order valence-corrected chi connectivity index (χ0v) is 13.5. The highest BCUT2D eigenvalue weighted by molar-refractivity contribution is 5.98. The van der Waals surface area contributed by atoms with E-state index in [1.165, 1.54) is 12.3 Å². The summed E-state index contributed by atoms with van der Waals surface area (Å²) in [4.78, 5) is 24.6. The highest BCUT2D eigenvalue weighted by atomic mass is 19.1. The van der Waals surface area contributed by atoms with Crippen LogP contribution in [0.25, 0.3) is 11.4 Å². The molecule has 0 fully saturated rings. The third-order valence-electron chi connectivity index (χ3n) is 3.71. The van der Waals surface area contributed by atoms with Crippen molar-refractivity contribution in [3.05, 3.63) is 71.4 Å². The molecule has 2 aromatic heterocycles. The molecule has 25 heavy (non-hydrogen) atoms. The van der Waals surface area contributed by atoms with Gasteiger partial charge < -0.3 is 11.1 Å². The van der Waals surface area contributed by atoms with Crippen LogP contribution < -0.4 is 11.1 Å². The highest BCUT2D eigenvalue weighted by Crippen LogP contribution is 2.20. The topological polar surface area (TPSA) is 93.8 Å². The Hall–Kier alpha value is -3.35. The summed E-state index contributed by atoms with van der Waals surface area (Å²) in [5.41, 5.74) is 7.96. The van der Waals surface area contributed by atoms with E-state index in [0.29, 0.717) is 0 Å². The van der Waals surface area contributed by atoms with Crippen molar-refractivity contribution in [2.24, 2.45) is 0 Å². The van der Waals surface area contributed by atoms with Gasteiger partial charge in [0.05, 0.1) is 23.4 Å². The minimum absolute atomic E-state index is 0.0107. The molecule has 0 bridgehead atoms. The molecule has 3 rings (SSSR count). The molecule has 0 atom stereocenters. The van der Waals surface area contributed by atoms with Crippen molar-refractivity contribution in [2.75, 3.05) is 5.73 Å². The summed E-state index contributed by atoms with van der Waals surface area (Å²) in [7, 11) is 0. The Kier molecular flexibility index (Phi) is 4.65. The fourth-order valence-electron chi connectivity index (χ4n) is 2.30. The minimum atomic E-state index is -0.454. The van der Waals surface area contributed by atoms with Gasteiger partial charge in [-0.05, 0) is 30.7 Å². The van der Waals surface area contributed by atoms with Crippen LogP contribution in [0, 0.1) is 12.7 Å². The van der Waals surface area contributed by atoms with E-state index in [9.17, 15) is 9.18 Å². The van der Waals surface area contributed by atoms with E-state index in [1.807, 2.05) is 19.1 Å². The quantitative estimate of drug-likeness (QED) is 0.763. The van der Waals surface area contributed by atoms with Gasteiger partial charge in [-0.25, -0.2) is 14.4 Å². The average molecular weight is 337 g/mol. The van der Waals surface area contributed by atoms with Crippen LogP contribution >= 0.6 is 0 Å². The van der Waals surface area contributed by atoms with Gasteiger partial charge in [0.25, 0.3) is 5.91 Å². The average Bonchev–Trinajstić information content (AvgIpc) is 2.61. The molecule has 6 nitrogen and oxygen atoms in total. The number of carbonyl (C=O) groups excluding carboxylic acids is 1. The number of amides is 1. The van der Waals surface area contributed by atoms with Crippen molar-refractivity contribution in [3.8, 4) is 11.4 Å². The first-order chi connectivity index (χ1) is 12.1. The van der Waals surface area contributed by atoms with Gasteiger partial charge in [-0.3, -0.25) is 9.78 Å². The second-order valence-corrected chi connectivity index (χ2v) is 5.42. The van der Waals surface area contributed by atoms with Crippen LogP contribution in [0.3, 0.4) is 0 Å². The predicted octanol–water partition coefficient (Wildman–Crippen LogP) is 2.50. The number of nitrogen functional groups attached to an aromatic ring is 1. The maximum absolute atomic E-state index is 13.8. The number of aryl methyl sites for hydroxylation is 1. The fourth-order valence-corrected chi connectivity index (χ4v) is 2.30. The third kappa shape index (κ3) is 3.60. The highest BCUT2D eigenvalue weighted by Gasteiger charge is 2.15. The van der Waals surface area contributed by atoms with Crippen LogP contribution in [0.4, 0.5) is 10.2 Å². The Balaban J connectivity index is 1.78. The van der Waals surface area contributed by atoms with E-state index in [4.69, 9.17) is 5.73 Å². The smallest absolute Gasteiger partial charge is 0.256 e. The molecule has 1 amide bonds. The van der Waals surface area contributed by atoms with Crippen molar-refractivity contribution >= 4 is 11.7 Å². The minimum Gasteiger partial charge on any atom is -0.383 e. The van der Waals surface area contributed by atoms with E-state index in [2.05, 4.69) is 20.3 Å². The molecular weight excluding hydrogens is 321 g/mol. The summed E-state index contributed by atoms with van der Waals surface area (Å²) in [6.45, 7) is 2.18. The van der Waals surface area contributed by atoms with Crippen molar-refractivity contribution in [3.63, 3.8) is 0 Å². The normalized spacial score (nSPS) is 10.5. The van der Waals surface area contributed by atoms with Crippen LogP contribution in [0.5, 0.6) is 0 Å². The second kappa shape index (κ2) is 7.04. The number of rotatable bonds is 4. The van der Waals surface area contributed by atoms with Gasteiger partial charge in [-0.15, -0.1) is 0 Å². The Morgan fingerprint density at radius 2 is 2.00 bits per heavy atom. The molecule has 126 valence electrons. The number of nitrogens with zero attached hydrogens (tertiary/aromatic N) is 3. The molecule has 0 saturated heterocycles. The molecule has 0 radical (unpaired) electrons. The number of anilines is 1. The van der Waals surface area contributed by atoms with Crippen LogP contribution in [-0.2, 0) is 6.54 Å². The number of hydrogen-bond donors (Lipinski definition) is 2.